The zero-order valence-electron chi connectivity index (χ0n) is 9.51. The van der Waals surface area contributed by atoms with E-state index in [4.69, 9.17) is 11.0 Å². The van der Waals surface area contributed by atoms with Gasteiger partial charge >= 0.3 is 0 Å². The summed E-state index contributed by atoms with van der Waals surface area (Å²) in [5, 5.41) is 19.0. The molecule has 0 fully saturated rings. The highest BCUT2D eigenvalue weighted by molar-refractivity contribution is 5.86. The lowest BCUT2D eigenvalue weighted by Gasteiger charge is -2.22. The summed E-state index contributed by atoms with van der Waals surface area (Å²) in [5.41, 5.74) is 7.77. The van der Waals surface area contributed by atoms with Crippen LogP contribution >= 0.6 is 0 Å². The number of aliphatic imine (C=N–C) groups is 1. The van der Waals surface area contributed by atoms with Gasteiger partial charge in [0, 0.05) is 17.2 Å². The van der Waals surface area contributed by atoms with Gasteiger partial charge in [0.2, 0.25) is 0 Å². The Balaban J connectivity index is 2.51. The highest BCUT2D eigenvalue weighted by Gasteiger charge is 2.26. The van der Waals surface area contributed by atoms with Crippen LogP contribution in [0.25, 0.3) is 0 Å². The number of para-hydroxylation sites is 1. The third-order valence-electron chi connectivity index (χ3n) is 2.87. The van der Waals surface area contributed by atoms with E-state index in [2.05, 4.69) is 11.1 Å². The molecule has 4 heteroatoms. The molecule has 0 saturated carbocycles. The van der Waals surface area contributed by atoms with Crippen LogP contribution < -0.4 is 5.73 Å². The van der Waals surface area contributed by atoms with Crippen LogP contribution in [0.4, 0.5) is 0 Å². The molecule has 1 unspecified atom stereocenters. The lowest BCUT2D eigenvalue weighted by molar-refractivity contribution is 0.465. The minimum atomic E-state index is -0.196. The van der Waals surface area contributed by atoms with Gasteiger partial charge in [-0.2, -0.15) is 5.26 Å². The Hall–Kier alpha value is -2.28. The first-order valence-electron chi connectivity index (χ1n) is 5.35. The maximum atomic E-state index is 9.84. The summed E-state index contributed by atoms with van der Waals surface area (Å²) in [4.78, 5) is 4.11. The smallest absolute Gasteiger partial charge is 0.137 e. The number of hydrogen-bond donors (Lipinski definition) is 2. The molecule has 2 rings (SSSR count). The third kappa shape index (κ3) is 2.00. The van der Waals surface area contributed by atoms with Gasteiger partial charge in [0.15, 0.2) is 0 Å². The number of phenolic OH excluding ortho intramolecular Hbond substituents is 1. The number of nitrogens with two attached hydrogens (primary N) is 1. The molecular weight excluding hydrogens is 214 g/mol. The van der Waals surface area contributed by atoms with Crippen LogP contribution in [0.15, 0.2) is 40.7 Å². The minimum absolute atomic E-state index is 0.188. The summed E-state index contributed by atoms with van der Waals surface area (Å²) in [6, 6.07) is 9.09. The Morgan fingerprint density at radius 1 is 1.47 bits per heavy atom. The molecule has 3 N–H and O–H groups in total. The van der Waals surface area contributed by atoms with E-state index in [-0.39, 0.29) is 17.5 Å². The first-order valence-corrected chi connectivity index (χ1v) is 5.35. The van der Waals surface area contributed by atoms with Crippen LogP contribution in [0.2, 0.25) is 0 Å². The highest BCUT2D eigenvalue weighted by atomic mass is 16.3. The summed E-state index contributed by atoms with van der Waals surface area (Å²) in [6.45, 7) is 1.87. The Labute approximate surface area is 99.7 Å². The van der Waals surface area contributed by atoms with Gasteiger partial charge in [-0.05, 0) is 19.4 Å². The monoisotopic (exact) mass is 227 g/mol. The SMILES string of the molecule is CC1=NC(N)=C(C#N)C(c2ccccc2O)C1. The van der Waals surface area contributed by atoms with Gasteiger partial charge in [0.1, 0.15) is 11.6 Å². The molecular formula is C13H13N3O. The van der Waals surface area contributed by atoms with Crippen LogP contribution in [0.1, 0.15) is 24.8 Å². The molecule has 1 aromatic rings. The Morgan fingerprint density at radius 3 is 2.82 bits per heavy atom. The quantitative estimate of drug-likeness (QED) is 0.770. The molecule has 0 bridgehead atoms. The van der Waals surface area contributed by atoms with E-state index in [0.29, 0.717) is 12.0 Å². The second kappa shape index (κ2) is 4.30. The summed E-state index contributed by atoms with van der Waals surface area (Å²) >= 11 is 0. The van der Waals surface area contributed by atoms with Crippen LogP contribution in [0.3, 0.4) is 0 Å². The van der Waals surface area contributed by atoms with E-state index in [9.17, 15) is 5.11 Å². The van der Waals surface area contributed by atoms with E-state index in [1.54, 1.807) is 12.1 Å². The van der Waals surface area contributed by atoms with Crippen molar-refractivity contribution in [3.63, 3.8) is 0 Å². The number of nitrogens with zero attached hydrogens (tertiary/aromatic N) is 2. The fourth-order valence-corrected chi connectivity index (χ4v) is 2.07. The van der Waals surface area contributed by atoms with Gasteiger partial charge in [-0.15, -0.1) is 0 Å². The average Bonchev–Trinajstić information content (AvgIpc) is 2.28. The third-order valence-corrected chi connectivity index (χ3v) is 2.87. The molecule has 0 spiro atoms. The number of hydrogen-bond acceptors (Lipinski definition) is 4. The molecule has 1 aliphatic heterocycles. The van der Waals surface area contributed by atoms with Gasteiger partial charge in [0.25, 0.3) is 0 Å². The van der Waals surface area contributed by atoms with E-state index in [0.717, 1.165) is 11.3 Å². The number of allylic oxidation sites excluding steroid dienone is 1. The average molecular weight is 227 g/mol. The lowest BCUT2D eigenvalue weighted by atomic mass is 9.85. The van der Waals surface area contributed by atoms with Crippen molar-refractivity contribution in [2.75, 3.05) is 0 Å². The molecule has 17 heavy (non-hydrogen) atoms. The maximum Gasteiger partial charge on any atom is 0.137 e. The zero-order chi connectivity index (χ0) is 12.4. The number of aromatic hydroxyl groups is 1. The molecule has 1 atom stereocenters. The molecule has 0 radical (unpaired) electrons. The van der Waals surface area contributed by atoms with E-state index in [1.165, 1.54) is 0 Å². The second-order valence-corrected chi connectivity index (χ2v) is 4.07. The molecule has 0 aliphatic carbocycles. The summed E-state index contributed by atoms with van der Waals surface area (Å²) < 4.78 is 0. The van der Waals surface area contributed by atoms with Gasteiger partial charge < -0.3 is 10.8 Å². The molecule has 86 valence electrons. The van der Waals surface area contributed by atoms with Crippen LogP contribution in [-0.2, 0) is 0 Å². The molecule has 0 aromatic heterocycles. The normalized spacial score (nSPS) is 19.8. The largest absolute Gasteiger partial charge is 0.508 e. The molecule has 1 aromatic carbocycles. The summed E-state index contributed by atoms with van der Waals surface area (Å²) in [6.07, 6.45) is 0.612. The number of rotatable bonds is 1. The molecule has 4 nitrogen and oxygen atoms in total. The van der Waals surface area contributed by atoms with Crippen molar-refractivity contribution < 1.29 is 5.11 Å². The Bertz CT molecular complexity index is 552. The highest BCUT2D eigenvalue weighted by Crippen LogP contribution is 2.36. The topological polar surface area (TPSA) is 82.4 Å². The number of benzene rings is 1. The summed E-state index contributed by atoms with van der Waals surface area (Å²) in [5.74, 6) is 0.246. The van der Waals surface area contributed by atoms with E-state index in [1.807, 2.05) is 19.1 Å². The van der Waals surface area contributed by atoms with Crippen molar-refractivity contribution in [2.24, 2.45) is 10.7 Å². The van der Waals surface area contributed by atoms with Crippen molar-refractivity contribution in [1.29, 1.82) is 5.26 Å². The van der Waals surface area contributed by atoms with Crippen molar-refractivity contribution in [2.45, 2.75) is 19.3 Å². The van der Waals surface area contributed by atoms with Crippen molar-refractivity contribution in [3.05, 3.63) is 41.2 Å². The number of nitriles is 1. The zero-order valence-corrected chi connectivity index (χ0v) is 9.51. The lowest BCUT2D eigenvalue weighted by Crippen LogP contribution is -2.17. The first-order chi connectivity index (χ1) is 8.13. The predicted molar refractivity (Wildman–Crippen MR) is 65.4 cm³/mol. The molecule has 0 saturated heterocycles. The fraction of sp³-hybridized carbons (Fsp3) is 0.231. The van der Waals surface area contributed by atoms with Gasteiger partial charge in [-0.1, -0.05) is 18.2 Å². The Kier molecular flexibility index (Phi) is 2.84. The maximum absolute atomic E-state index is 9.84. The Morgan fingerprint density at radius 2 is 2.18 bits per heavy atom. The predicted octanol–water partition coefficient (Wildman–Crippen LogP) is 2.03. The fourth-order valence-electron chi connectivity index (χ4n) is 2.07. The standard InChI is InChI=1S/C13H13N3O/c1-8-6-10(11(7-14)13(15)16-8)9-4-2-3-5-12(9)17/h2-5,10,17H,6,15H2,1H3. The van der Waals surface area contributed by atoms with Crippen molar-refractivity contribution in [3.8, 4) is 11.8 Å². The van der Waals surface area contributed by atoms with Crippen molar-refractivity contribution in [1.82, 2.24) is 0 Å². The van der Waals surface area contributed by atoms with E-state index < -0.39 is 0 Å². The minimum Gasteiger partial charge on any atom is -0.508 e. The van der Waals surface area contributed by atoms with Crippen LogP contribution in [0, 0.1) is 11.3 Å². The van der Waals surface area contributed by atoms with Gasteiger partial charge in [0.05, 0.1) is 11.6 Å². The first kappa shape index (κ1) is 11.2. The van der Waals surface area contributed by atoms with Crippen LogP contribution in [-0.4, -0.2) is 10.8 Å². The second-order valence-electron chi connectivity index (χ2n) is 4.07. The van der Waals surface area contributed by atoms with Crippen molar-refractivity contribution >= 4 is 5.71 Å². The summed E-state index contributed by atoms with van der Waals surface area (Å²) in [7, 11) is 0. The number of phenols is 1. The van der Waals surface area contributed by atoms with E-state index >= 15 is 0 Å². The van der Waals surface area contributed by atoms with Crippen LogP contribution in [0.5, 0.6) is 5.75 Å². The van der Waals surface area contributed by atoms with Gasteiger partial charge in [-0.25, -0.2) is 4.99 Å². The molecule has 0 amide bonds. The molecule has 1 aliphatic rings. The van der Waals surface area contributed by atoms with Gasteiger partial charge in [-0.3, -0.25) is 0 Å². The molecule has 1 heterocycles.